The second kappa shape index (κ2) is 7.54. The minimum atomic E-state index is -0.224. The number of hydrogen-bond acceptors (Lipinski definition) is 5. The van der Waals surface area contributed by atoms with Crippen LogP contribution in [0.5, 0.6) is 0 Å². The molecule has 152 valence electrons. The molecule has 1 amide bonds. The van der Waals surface area contributed by atoms with Crippen molar-refractivity contribution in [3.05, 3.63) is 28.2 Å². The first-order valence-electron chi connectivity index (χ1n) is 10.9. The van der Waals surface area contributed by atoms with Crippen LogP contribution in [0.15, 0.2) is 17.7 Å². The number of amides is 1. The summed E-state index contributed by atoms with van der Waals surface area (Å²) in [7, 11) is 0. The maximum absolute atomic E-state index is 12.9. The number of carbonyl (C=O) groups excluding carboxylic acids is 1. The lowest BCUT2D eigenvalue weighted by Crippen LogP contribution is -2.64. The van der Waals surface area contributed by atoms with Gasteiger partial charge in [-0.1, -0.05) is 25.0 Å². The van der Waals surface area contributed by atoms with Crippen molar-refractivity contribution in [3.63, 3.8) is 0 Å². The predicted octanol–water partition coefficient (Wildman–Crippen LogP) is 3.41. The van der Waals surface area contributed by atoms with Gasteiger partial charge in [0.15, 0.2) is 0 Å². The first-order valence-corrected chi connectivity index (χ1v) is 11.8. The second-order valence-electron chi connectivity index (χ2n) is 9.23. The fraction of sp³-hybridized carbons (Fsp3) is 0.727. The highest BCUT2D eigenvalue weighted by molar-refractivity contribution is 7.11. The summed E-state index contributed by atoms with van der Waals surface area (Å²) in [4.78, 5) is 20.5. The van der Waals surface area contributed by atoms with Crippen molar-refractivity contribution in [1.82, 2.24) is 15.2 Å². The maximum Gasteiger partial charge on any atom is 0.263 e. The van der Waals surface area contributed by atoms with E-state index < -0.39 is 0 Å². The van der Waals surface area contributed by atoms with Gasteiger partial charge in [0.1, 0.15) is 10.5 Å². The highest BCUT2D eigenvalue weighted by Crippen LogP contribution is 2.44. The highest BCUT2D eigenvalue weighted by Gasteiger charge is 2.47. The van der Waals surface area contributed by atoms with Gasteiger partial charge in [-0.05, 0) is 50.4 Å². The van der Waals surface area contributed by atoms with Crippen LogP contribution in [0.3, 0.4) is 0 Å². The Kier molecular flexibility index (Phi) is 5.06. The standard InChI is InChI=1S/C22H31N3O2S/c1-15-20(28-14-23-15)21(26)24-19-4-2-3-7-22(19)13-25(8-9-27-22)12-18-11-16-5-6-17(18)10-16/h5-6,14,16-19H,2-4,7-13H2,1H3,(H,24,26)/t16-,17+,18?,19?,22?/m1/s1. The van der Waals surface area contributed by atoms with Gasteiger partial charge in [-0.2, -0.15) is 0 Å². The molecule has 0 radical (unpaired) electrons. The van der Waals surface area contributed by atoms with Crippen LogP contribution in [0, 0.1) is 24.7 Å². The quantitative estimate of drug-likeness (QED) is 0.786. The van der Waals surface area contributed by atoms with E-state index in [4.69, 9.17) is 4.74 Å². The first-order chi connectivity index (χ1) is 13.6. The summed E-state index contributed by atoms with van der Waals surface area (Å²) in [5, 5.41) is 3.33. The average molecular weight is 402 g/mol. The van der Waals surface area contributed by atoms with Gasteiger partial charge < -0.3 is 10.1 Å². The van der Waals surface area contributed by atoms with Crippen molar-refractivity contribution in [1.29, 1.82) is 0 Å². The monoisotopic (exact) mass is 401 g/mol. The summed E-state index contributed by atoms with van der Waals surface area (Å²) in [6, 6.07) is 0.0953. The number of morpholine rings is 1. The SMILES string of the molecule is Cc1ncsc1C(=O)NC1CCCCC12CN(CC1C[C@@H]3C=C[C@H]1C3)CCO2. The van der Waals surface area contributed by atoms with Crippen LogP contribution in [0.2, 0.25) is 0 Å². The molecular weight excluding hydrogens is 370 g/mol. The zero-order valence-electron chi connectivity index (χ0n) is 16.7. The van der Waals surface area contributed by atoms with Gasteiger partial charge in [-0.25, -0.2) is 4.98 Å². The van der Waals surface area contributed by atoms with Crippen LogP contribution in [0.4, 0.5) is 0 Å². The van der Waals surface area contributed by atoms with Crippen molar-refractivity contribution in [3.8, 4) is 0 Å². The molecule has 5 rings (SSSR count). The Hall–Kier alpha value is -1.24. The van der Waals surface area contributed by atoms with E-state index in [1.807, 2.05) is 6.92 Å². The van der Waals surface area contributed by atoms with Gasteiger partial charge >= 0.3 is 0 Å². The number of rotatable bonds is 4. The van der Waals surface area contributed by atoms with E-state index in [1.165, 1.54) is 37.1 Å². The zero-order valence-corrected chi connectivity index (χ0v) is 17.5. The Balaban J connectivity index is 1.28. The summed E-state index contributed by atoms with van der Waals surface area (Å²) < 4.78 is 6.44. The summed E-state index contributed by atoms with van der Waals surface area (Å²) >= 11 is 1.43. The van der Waals surface area contributed by atoms with E-state index in [2.05, 4.69) is 27.4 Å². The Labute approximate surface area is 171 Å². The van der Waals surface area contributed by atoms with Crippen molar-refractivity contribution >= 4 is 17.2 Å². The number of allylic oxidation sites excluding steroid dienone is 2. The molecule has 1 saturated heterocycles. The second-order valence-corrected chi connectivity index (χ2v) is 10.1. The number of aromatic nitrogens is 1. The van der Waals surface area contributed by atoms with Gasteiger partial charge in [-0.15, -0.1) is 11.3 Å². The van der Waals surface area contributed by atoms with Crippen molar-refractivity contribution in [2.24, 2.45) is 17.8 Å². The molecule has 2 heterocycles. The molecule has 1 spiro atoms. The molecule has 3 fully saturated rings. The average Bonchev–Trinajstić information content (AvgIpc) is 3.41. The maximum atomic E-state index is 12.9. The van der Waals surface area contributed by atoms with E-state index in [-0.39, 0.29) is 17.6 Å². The van der Waals surface area contributed by atoms with E-state index >= 15 is 0 Å². The van der Waals surface area contributed by atoms with Crippen LogP contribution < -0.4 is 5.32 Å². The Bertz CT molecular complexity index is 759. The molecular formula is C22H31N3O2S. The fourth-order valence-electron chi connectivity index (χ4n) is 5.99. The summed E-state index contributed by atoms with van der Waals surface area (Å²) in [6.07, 6.45) is 12.0. The largest absolute Gasteiger partial charge is 0.370 e. The van der Waals surface area contributed by atoms with Crippen LogP contribution in [-0.4, -0.2) is 53.7 Å². The van der Waals surface area contributed by atoms with E-state index in [0.717, 1.165) is 67.3 Å². The van der Waals surface area contributed by atoms with Crippen molar-refractivity contribution in [2.45, 2.75) is 57.1 Å². The number of nitrogens with zero attached hydrogens (tertiary/aromatic N) is 2. The minimum Gasteiger partial charge on any atom is -0.370 e. The van der Waals surface area contributed by atoms with E-state index in [0.29, 0.717) is 0 Å². The van der Waals surface area contributed by atoms with Gasteiger partial charge in [0, 0.05) is 19.6 Å². The lowest BCUT2D eigenvalue weighted by atomic mass is 9.78. The summed E-state index contributed by atoms with van der Waals surface area (Å²) in [5.74, 6) is 2.45. The molecule has 2 saturated carbocycles. The van der Waals surface area contributed by atoms with E-state index in [9.17, 15) is 4.79 Å². The lowest BCUT2D eigenvalue weighted by Gasteiger charge is -2.50. The Morgan fingerprint density at radius 2 is 2.32 bits per heavy atom. The number of hydrogen-bond donors (Lipinski definition) is 1. The topological polar surface area (TPSA) is 54.5 Å². The number of nitrogens with one attached hydrogen (secondary N) is 1. The smallest absolute Gasteiger partial charge is 0.263 e. The third-order valence-electron chi connectivity index (χ3n) is 7.43. The van der Waals surface area contributed by atoms with Crippen LogP contribution in [0.25, 0.3) is 0 Å². The summed E-state index contributed by atoms with van der Waals surface area (Å²) in [5.41, 5.74) is 2.35. The third-order valence-corrected chi connectivity index (χ3v) is 8.36. The Morgan fingerprint density at radius 3 is 3.07 bits per heavy atom. The van der Waals surface area contributed by atoms with Gasteiger partial charge in [-0.3, -0.25) is 9.69 Å². The number of thiazole rings is 1. The zero-order chi connectivity index (χ0) is 19.1. The molecule has 5 atom stereocenters. The van der Waals surface area contributed by atoms with Crippen LogP contribution >= 0.6 is 11.3 Å². The van der Waals surface area contributed by atoms with Crippen LogP contribution in [-0.2, 0) is 4.74 Å². The van der Waals surface area contributed by atoms with E-state index in [1.54, 1.807) is 5.51 Å². The highest BCUT2D eigenvalue weighted by atomic mass is 32.1. The van der Waals surface area contributed by atoms with Crippen molar-refractivity contribution in [2.75, 3.05) is 26.2 Å². The van der Waals surface area contributed by atoms with Crippen molar-refractivity contribution < 1.29 is 9.53 Å². The number of carbonyl (C=O) groups is 1. The van der Waals surface area contributed by atoms with Crippen LogP contribution in [0.1, 0.15) is 53.9 Å². The molecule has 1 aromatic rings. The molecule has 6 heteroatoms. The summed E-state index contributed by atoms with van der Waals surface area (Å²) in [6.45, 7) is 5.85. The number of aryl methyl sites for hydroxylation is 1. The number of ether oxygens (including phenoxy) is 1. The molecule has 3 aliphatic carbocycles. The van der Waals surface area contributed by atoms with Gasteiger partial charge in [0.2, 0.25) is 0 Å². The molecule has 1 N–H and O–H groups in total. The molecule has 3 unspecified atom stereocenters. The van der Waals surface area contributed by atoms with Gasteiger partial charge in [0.05, 0.1) is 23.9 Å². The molecule has 1 aliphatic heterocycles. The predicted molar refractivity (Wildman–Crippen MR) is 111 cm³/mol. The molecule has 28 heavy (non-hydrogen) atoms. The third kappa shape index (κ3) is 3.44. The minimum absolute atomic E-state index is 0.0187. The normalized spacial score (nSPS) is 37.6. The van der Waals surface area contributed by atoms with Gasteiger partial charge in [0.25, 0.3) is 5.91 Å². The molecule has 5 nitrogen and oxygen atoms in total. The first kappa shape index (κ1) is 18.8. The molecule has 2 bridgehead atoms. The Morgan fingerprint density at radius 1 is 1.39 bits per heavy atom. The molecule has 0 aromatic carbocycles. The molecule has 4 aliphatic rings. The lowest BCUT2D eigenvalue weighted by molar-refractivity contribution is -0.143. The fourth-order valence-corrected chi connectivity index (χ4v) is 6.70. The number of fused-ring (bicyclic) bond motifs is 2. The molecule has 1 aromatic heterocycles.